The summed E-state index contributed by atoms with van der Waals surface area (Å²) in [4.78, 5) is 12.8. The highest BCUT2D eigenvalue weighted by Crippen LogP contribution is 2.39. The van der Waals surface area contributed by atoms with Crippen molar-refractivity contribution in [3.05, 3.63) is 87.0 Å². The maximum absolute atomic E-state index is 12.8. The van der Waals surface area contributed by atoms with E-state index in [0.717, 1.165) is 9.13 Å². The van der Waals surface area contributed by atoms with Crippen molar-refractivity contribution in [2.45, 2.75) is 6.10 Å². The molecule has 0 bridgehead atoms. The van der Waals surface area contributed by atoms with Crippen LogP contribution >= 0.6 is 22.6 Å². The second kappa shape index (κ2) is 8.20. The van der Waals surface area contributed by atoms with Crippen LogP contribution in [0.3, 0.4) is 0 Å². The van der Waals surface area contributed by atoms with Crippen LogP contribution in [0.1, 0.15) is 27.6 Å². The van der Waals surface area contributed by atoms with Crippen molar-refractivity contribution in [2.24, 2.45) is 0 Å². The fraction of sp³-hybridized carbons (Fsp3) is 0.136. The molecule has 0 unspecified atom stereocenters. The highest BCUT2D eigenvalue weighted by Gasteiger charge is 2.22. The minimum absolute atomic E-state index is 0.253. The zero-order valence-electron chi connectivity index (χ0n) is 14.9. The van der Waals surface area contributed by atoms with Crippen LogP contribution in [0.15, 0.2) is 66.7 Å². The zero-order chi connectivity index (χ0) is 19.5. The molecule has 1 amide bonds. The first kappa shape index (κ1) is 18.8. The number of hydrogen-bond donors (Lipinski definition) is 2. The van der Waals surface area contributed by atoms with Gasteiger partial charge in [0, 0.05) is 20.8 Å². The molecule has 3 aromatic rings. The van der Waals surface area contributed by atoms with Crippen LogP contribution in [0.2, 0.25) is 0 Å². The van der Waals surface area contributed by atoms with Gasteiger partial charge in [-0.3, -0.25) is 4.79 Å². The predicted octanol–water partition coefficient (Wildman–Crippen LogP) is 4.40. The molecule has 0 saturated carbocycles. The number of amides is 1. The van der Waals surface area contributed by atoms with E-state index in [9.17, 15) is 9.90 Å². The molecule has 142 valence electrons. The second-order valence-electron chi connectivity index (χ2n) is 6.36. The number of ether oxygens (including phenoxy) is 2. The van der Waals surface area contributed by atoms with Crippen molar-refractivity contribution < 1.29 is 19.4 Å². The second-order valence-corrected chi connectivity index (χ2v) is 7.61. The SMILES string of the molecule is O=C(Nc1cc2c(cc1[C@@H](O)c1ccccc1)OCCO2)c1cccc(I)c1. The number of carbonyl (C=O) groups excluding carboxylic acids is 1. The Hall–Kier alpha value is -2.58. The molecular weight excluding hydrogens is 469 g/mol. The average molecular weight is 487 g/mol. The Morgan fingerprint density at radius 2 is 1.68 bits per heavy atom. The summed E-state index contributed by atoms with van der Waals surface area (Å²) in [6.45, 7) is 0.889. The number of rotatable bonds is 4. The molecule has 0 radical (unpaired) electrons. The van der Waals surface area contributed by atoms with Gasteiger partial charge in [-0.25, -0.2) is 0 Å². The molecular formula is C22H18INO4. The van der Waals surface area contributed by atoms with E-state index in [1.807, 2.05) is 42.5 Å². The van der Waals surface area contributed by atoms with E-state index in [4.69, 9.17) is 9.47 Å². The molecule has 6 heteroatoms. The molecule has 28 heavy (non-hydrogen) atoms. The Balaban J connectivity index is 1.73. The molecule has 1 atom stereocenters. The van der Waals surface area contributed by atoms with Crippen LogP contribution in [0, 0.1) is 3.57 Å². The summed E-state index contributed by atoms with van der Waals surface area (Å²) in [5.41, 5.74) is 2.31. The van der Waals surface area contributed by atoms with Crippen LogP contribution in [0.5, 0.6) is 11.5 Å². The van der Waals surface area contributed by atoms with Gasteiger partial charge in [0.2, 0.25) is 0 Å². The van der Waals surface area contributed by atoms with Gasteiger partial charge in [-0.05, 0) is 52.4 Å². The van der Waals surface area contributed by atoms with E-state index in [-0.39, 0.29) is 5.91 Å². The summed E-state index contributed by atoms with van der Waals surface area (Å²) >= 11 is 2.17. The van der Waals surface area contributed by atoms with Crippen LogP contribution in [-0.2, 0) is 0 Å². The Kier molecular flexibility index (Phi) is 5.50. The number of hydrogen-bond acceptors (Lipinski definition) is 4. The predicted molar refractivity (Wildman–Crippen MR) is 115 cm³/mol. The van der Waals surface area contributed by atoms with Gasteiger partial charge in [-0.1, -0.05) is 36.4 Å². The van der Waals surface area contributed by atoms with E-state index in [2.05, 4.69) is 27.9 Å². The lowest BCUT2D eigenvalue weighted by atomic mass is 9.98. The molecule has 4 rings (SSSR count). The van der Waals surface area contributed by atoms with E-state index in [1.54, 1.807) is 24.3 Å². The highest BCUT2D eigenvalue weighted by molar-refractivity contribution is 14.1. The number of nitrogens with one attached hydrogen (secondary N) is 1. The standard InChI is InChI=1S/C22H18INO4/c23-16-8-4-7-15(11-16)22(26)24-18-13-20-19(27-9-10-28-20)12-17(18)21(25)14-5-2-1-3-6-14/h1-8,11-13,21,25H,9-10H2,(H,24,26)/t21-/m0/s1. The molecule has 0 aliphatic carbocycles. The lowest BCUT2D eigenvalue weighted by molar-refractivity contribution is 0.102. The van der Waals surface area contributed by atoms with Gasteiger partial charge in [0.05, 0.1) is 5.69 Å². The van der Waals surface area contributed by atoms with Gasteiger partial charge >= 0.3 is 0 Å². The first-order valence-corrected chi connectivity index (χ1v) is 9.93. The molecule has 1 heterocycles. The first-order valence-electron chi connectivity index (χ1n) is 8.85. The van der Waals surface area contributed by atoms with Gasteiger partial charge in [-0.2, -0.15) is 0 Å². The summed E-state index contributed by atoms with van der Waals surface area (Å²) < 4.78 is 12.3. The quantitative estimate of drug-likeness (QED) is 0.536. The fourth-order valence-electron chi connectivity index (χ4n) is 3.08. The summed E-state index contributed by atoms with van der Waals surface area (Å²) in [7, 11) is 0. The molecule has 0 aromatic heterocycles. The van der Waals surface area contributed by atoms with Gasteiger partial charge in [0.25, 0.3) is 5.91 Å². The Labute approximate surface area is 176 Å². The highest BCUT2D eigenvalue weighted by atomic mass is 127. The van der Waals surface area contributed by atoms with Crippen LogP contribution < -0.4 is 14.8 Å². The van der Waals surface area contributed by atoms with Gasteiger partial charge < -0.3 is 19.9 Å². The van der Waals surface area contributed by atoms with Gasteiger partial charge in [0.1, 0.15) is 19.3 Å². The topological polar surface area (TPSA) is 67.8 Å². The third-order valence-corrected chi connectivity index (χ3v) is 5.13. The monoisotopic (exact) mass is 487 g/mol. The average Bonchev–Trinajstić information content (AvgIpc) is 2.73. The maximum atomic E-state index is 12.8. The van der Waals surface area contributed by atoms with E-state index in [0.29, 0.717) is 41.5 Å². The molecule has 5 nitrogen and oxygen atoms in total. The van der Waals surface area contributed by atoms with Crippen molar-refractivity contribution in [1.82, 2.24) is 0 Å². The fourth-order valence-corrected chi connectivity index (χ4v) is 3.62. The number of aliphatic hydroxyl groups is 1. The van der Waals surface area contributed by atoms with Crippen molar-refractivity contribution >= 4 is 34.2 Å². The summed E-state index contributed by atoms with van der Waals surface area (Å²) in [5, 5.41) is 13.9. The summed E-state index contributed by atoms with van der Waals surface area (Å²) in [5.74, 6) is 0.855. The van der Waals surface area contributed by atoms with E-state index in [1.165, 1.54) is 0 Å². The van der Waals surface area contributed by atoms with E-state index < -0.39 is 6.10 Å². The van der Waals surface area contributed by atoms with Gasteiger partial charge in [0.15, 0.2) is 11.5 Å². The molecule has 1 aliphatic heterocycles. The number of anilines is 1. The lowest BCUT2D eigenvalue weighted by Gasteiger charge is -2.23. The van der Waals surface area contributed by atoms with Crippen molar-refractivity contribution in [2.75, 3.05) is 18.5 Å². The maximum Gasteiger partial charge on any atom is 0.255 e. The molecule has 0 saturated heterocycles. The van der Waals surface area contributed by atoms with Crippen LogP contribution in [0.25, 0.3) is 0 Å². The summed E-state index contributed by atoms with van der Waals surface area (Å²) in [6, 6.07) is 20.1. The van der Waals surface area contributed by atoms with Crippen molar-refractivity contribution in [3.8, 4) is 11.5 Å². The molecule has 0 spiro atoms. The van der Waals surface area contributed by atoms with Crippen LogP contribution in [0.4, 0.5) is 5.69 Å². The number of fused-ring (bicyclic) bond motifs is 1. The number of halogens is 1. The van der Waals surface area contributed by atoms with Gasteiger partial charge in [-0.15, -0.1) is 0 Å². The van der Waals surface area contributed by atoms with E-state index >= 15 is 0 Å². The Morgan fingerprint density at radius 1 is 0.964 bits per heavy atom. The lowest BCUT2D eigenvalue weighted by Crippen LogP contribution is -2.19. The van der Waals surface area contributed by atoms with Crippen molar-refractivity contribution in [1.29, 1.82) is 0 Å². The third-order valence-electron chi connectivity index (χ3n) is 4.46. The number of aliphatic hydroxyl groups excluding tert-OH is 1. The molecule has 2 N–H and O–H groups in total. The first-order chi connectivity index (χ1) is 13.6. The van der Waals surface area contributed by atoms with Crippen LogP contribution in [-0.4, -0.2) is 24.2 Å². The molecule has 3 aromatic carbocycles. The summed E-state index contributed by atoms with van der Waals surface area (Å²) in [6.07, 6.45) is -0.914. The number of carbonyl (C=O) groups is 1. The minimum Gasteiger partial charge on any atom is -0.486 e. The molecule has 1 aliphatic rings. The Morgan fingerprint density at radius 3 is 2.39 bits per heavy atom. The van der Waals surface area contributed by atoms with Crippen molar-refractivity contribution in [3.63, 3.8) is 0 Å². The molecule has 0 fully saturated rings. The number of benzene rings is 3. The zero-order valence-corrected chi connectivity index (χ0v) is 17.0. The normalized spacial score (nSPS) is 13.6. The smallest absolute Gasteiger partial charge is 0.255 e. The largest absolute Gasteiger partial charge is 0.486 e. The Bertz CT molecular complexity index is 1010. The minimum atomic E-state index is -0.914. The third kappa shape index (κ3) is 3.98.